The molecule has 1 unspecified atom stereocenters. The summed E-state index contributed by atoms with van der Waals surface area (Å²) >= 11 is 0. The molecule has 14 rings (SSSR count). The molecule has 0 N–H and O–H groups in total. The molecule has 364 valence electrons. The quantitative estimate of drug-likeness (QED) is 0.167. The molecule has 0 saturated heterocycles. The van der Waals surface area contributed by atoms with Crippen molar-refractivity contribution in [2.75, 3.05) is 0 Å². The van der Waals surface area contributed by atoms with Crippen LogP contribution in [0.4, 0.5) is 0 Å². The fourth-order valence-corrected chi connectivity index (χ4v) is 12.5. The monoisotopic (exact) mass is 966 g/mol. The highest BCUT2D eigenvalue weighted by atomic mass is 16.5. The van der Waals surface area contributed by atoms with E-state index in [2.05, 4.69) is 290 Å². The number of aryl methyl sites for hydroxylation is 3. The lowest BCUT2D eigenvalue weighted by atomic mass is 9.67. The summed E-state index contributed by atoms with van der Waals surface area (Å²) in [5, 5.41) is 0. The van der Waals surface area contributed by atoms with Crippen LogP contribution in [-0.2, 0) is 10.8 Å². The Labute approximate surface area is 444 Å². The summed E-state index contributed by atoms with van der Waals surface area (Å²) in [5.74, 6) is 1.02. The van der Waals surface area contributed by atoms with E-state index in [-0.39, 0.29) is 11.0 Å². The molecule has 1 heterocycles. The Bertz CT molecular complexity index is 3760. The van der Waals surface area contributed by atoms with Crippen molar-refractivity contribution in [1.29, 1.82) is 0 Å². The molecular formula is C74H62O. The molecule has 4 aliphatic rings. The van der Waals surface area contributed by atoms with Crippen molar-refractivity contribution in [3.05, 3.63) is 310 Å². The van der Waals surface area contributed by atoms with Gasteiger partial charge in [-0.15, -0.1) is 0 Å². The van der Waals surface area contributed by atoms with Crippen LogP contribution in [0, 0.1) is 20.8 Å². The van der Waals surface area contributed by atoms with E-state index in [9.17, 15) is 0 Å². The highest BCUT2D eigenvalue weighted by molar-refractivity contribution is 5.98. The Morgan fingerprint density at radius 2 is 0.893 bits per heavy atom. The van der Waals surface area contributed by atoms with Gasteiger partial charge in [0.25, 0.3) is 0 Å². The van der Waals surface area contributed by atoms with Crippen LogP contribution in [0.1, 0.15) is 82.8 Å². The molecule has 1 aliphatic heterocycles. The van der Waals surface area contributed by atoms with Crippen molar-refractivity contribution in [2.24, 2.45) is 0 Å². The van der Waals surface area contributed by atoms with E-state index in [1.54, 1.807) is 0 Å². The van der Waals surface area contributed by atoms with Crippen LogP contribution in [0.25, 0.3) is 61.2 Å². The first-order chi connectivity index (χ1) is 36.6. The minimum Gasteiger partial charge on any atom is -0.482 e. The van der Waals surface area contributed by atoms with Crippen LogP contribution in [0.15, 0.2) is 255 Å². The molecule has 0 radical (unpaired) electrons. The first-order valence-electron chi connectivity index (χ1n) is 26.5. The second-order valence-corrected chi connectivity index (χ2v) is 21.5. The lowest BCUT2D eigenvalue weighted by Crippen LogP contribution is -2.29. The molecule has 3 aliphatic carbocycles. The maximum absolute atomic E-state index is 6.76. The highest BCUT2D eigenvalue weighted by Crippen LogP contribution is 2.60. The summed E-state index contributed by atoms with van der Waals surface area (Å²) in [4.78, 5) is 0. The normalized spacial score (nSPS) is 16.2. The molecule has 10 aromatic rings. The van der Waals surface area contributed by atoms with E-state index < -0.39 is 5.41 Å². The lowest BCUT2D eigenvalue weighted by Gasteiger charge is -2.34. The maximum Gasteiger partial charge on any atom is 0.135 e. The SMILES string of the molecule is Cc1ccc(-c2ccc3c(c2)C(c2ccccc2)(c2ccccc2)c2cccc(-c4ccccc4)c2-3)c2c1OC1(C)CC=CC=C21.Cc1ccc(-c2ccccc2)cc1.Cc1ccc2c(c1)C(C)(C)c1ccccc1-2. The molecule has 1 nitrogen and oxygen atoms in total. The lowest BCUT2D eigenvalue weighted by molar-refractivity contribution is 0.169. The molecule has 0 fully saturated rings. The van der Waals surface area contributed by atoms with E-state index in [0.717, 1.165) is 12.2 Å². The van der Waals surface area contributed by atoms with Gasteiger partial charge in [0.1, 0.15) is 11.4 Å². The Morgan fingerprint density at radius 3 is 1.59 bits per heavy atom. The largest absolute Gasteiger partial charge is 0.482 e. The Hall–Kier alpha value is -8.52. The van der Waals surface area contributed by atoms with Gasteiger partial charge in [0.05, 0.1) is 5.41 Å². The maximum atomic E-state index is 6.76. The van der Waals surface area contributed by atoms with Gasteiger partial charge in [-0.1, -0.05) is 274 Å². The number of ether oxygens (including phenoxy) is 1. The average Bonchev–Trinajstić information content (AvgIpc) is 4.03. The second kappa shape index (κ2) is 19.1. The zero-order valence-electron chi connectivity index (χ0n) is 43.9. The third kappa shape index (κ3) is 8.10. The van der Waals surface area contributed by atoms with Crippen LogP contribution >= 0.6 is 0 Å². The first kappa shape index (κ1) is 47.5. The predicted octanol–water partition coefficient (Wildman–Crippen LogP) is 19.1. The molecular weight excluding hydrogens is 905 g/mol. The molecule has 0 saturated carbocycles. The van der Waals surface area contributed by atoms with E-state index in [4.69, 9.17) is 4.74 Å². The van der Waals surface area contributed by atoms with E-state index in [1.807, 2.05) is 6.07 Å². The van der Waals surface area contributed by atoms with Crippen LogP contribution in [0.3, 0.4) is 0 Å². The van der Waals surface area contributed by atoms with Crippen molar-refractivity contribution in [3.63, 3.8) is 0 Å². The van der Waals surface area contributed by atoms with E-state index in [1.165, 1.54) is 117 Å². The molecule has 10 aromatic carbocycles. The predicted molar refractivity (Wildman–Crippen MR) is 315 cm³/mol. The fraction of sp³-hybridized carbons (Fsp3) is 0.135. The van der Waals surface area contributed by atoms with Crippen LogP contribution in [0.2, 0.25) is 0 Å². The number of allylic oxidation sites excluding steroid dienone is 2. The summed E-state index contributed by atoms with van der Waals surface area (Å²) in [5.41, 5.74) is 26.7. The minimum absolute atomic E-state index is 0.151. The number of benzene rings is 10. The Morgan fingerprint density at radius 1 is 0.373 bits per heavy atom. The van der Waals surface area contributed by atoms with E-state index >= 15 is 0 Å². The number of hydrogen-bond acceptors (Lipinski definition) is 1. The van der Waals surface area contributed by atoms with Gasteiger partial charge in [-0.05, 0) is 128 Å². The minimum atomic E-state index is -0.486. The van der Waals surface area contributed by atoms with Crippen molar-refractivity contribution < 1.29 is 4.74 Å². The summed E-state index contributed by atoms with van der Waals surface area (Å²) in [6, 6.07) is 86.1. The number of fused-ring (bicyclic) bond motifs is 9. The van der Waals surface area contributed by atoms with Gasteiger partial charge in [0, 0.05) is 23.0 Å². The average molecular weight is 967 g/mol. The van der Waals surface area contributed by atoms with Crippen molar-refractivity contribution in [1.82, 2.24) is 0 Å². The molecule has 1 heteroatoms. The summed E-state index contributed by atoms with van der Waals surface area (Å²) in [7, 11) is 0. The van der Waals surface area contributed by atoms with Gasteiger partial charge in [-0.3, -0.25) is 0 Å². The number of hydrogen-bond donors (Lipinski definition) is 0. The second-order valence-electron chi connectivity index (χ2n) is 21.5. The zero-order chi connectivity index (χ0) is 51.3. The fourth-order valence-electron chi connectivity index (χ4n) is 12.5. The molecule has 0 aromatic heterocycles. The smallest absolute Gasteiger partial charge is 0.135 e. The van der Waals surface area contributed by atoms with Crippen LogP contribution in [0.5, 0.6) is 5.75 Å². The number of rotatable bonds is 5. The molecule has 1 atom stereocenters. The van der Waals surface area contributed by atoms with Gasteiger partial charge in [-0.2, -0.15) is 0 Å². The highest BCUT2D eigenvalue weighted by Gasteiger charge is 2.48. The standard InChI is InChI=1S/C45H34O.C16H16.C13H12/c1-30-24-26-36(42-38-22-12-13-28-44(38,2)46-43(30)42)32-25-27-37-40(29-32)45(33-17-8-4-9-18-33,34-19-10-5-11-20-34)39-23-14-21-35(41(37)39)31-15-6-3-7-16-31;1-11-8-9-13-12-6-4-5-7-14(12)16(2,3)15(13)10-11;1-11-7-9-13(10-8-11)12-5-3-2-4-6-12/h3-27,29H,28H2,1-2H3;4-10H,1-3H3;2-10H,1H3. The van der Waals surface area contributed by atoms with Gasteiger partial charge in [-0.25, -0.2) is 0 Å². The first-order valence-corrected chi connectivity index (χ1v) is 26.5. The topological polar surface area (TPSA) is 9.23 Å². The third-order valence-electron chi connectivity index (χ3n) is 16.3. The molecule has 75 heavy (non-hydrogen) atoms. The Balaban J connectivity index is 0.000000158. The van der Waals surface area contributed by atoms with Crippen molar-refractivity contribution in [2.45, 2.75) is 64.4 Å². The summed E-state index contributed by atoms with van der Waals surface area (Å²) < 4.78 is 6.76. The van der Waals surface area contributed by atoms with Crippen LogP contribution in [-0.4, -0.2) is 5.60 Å². The van der Waals surface area contributed by atoms with Crippen molar-refractivity contribution >= 4 is 5.57 Å². The van der Waals surface area contributed by atoms with E-state index in [0.29, 0.717) is 0 Å². The zero-order valence-corrected chi connectivity index (χ0v) is 43.9. The molecule has 0 spiro atoms. The Kier molecular flexibility index (Phi) is 12.1. The van der Waals surface area contributed by atoms with Gasteiger partial charge in [0.2, 0.25) is 0 Å². The van der Waals surface area contributed by atoms with Crippen LogP contribution < -0.4 is 4.74 Å². The van der Waals surface area contributed by atoms with Crippen molar-refractivity contribution in [3.8, 4) is 61.4 Å². The molecule has 0 amide bonds. The molecule has 0 bridgehead atoms. The van der Waals surface area contributed by atoms with Gasteiger partial charge in [0.15, 0.2) is 0 Å². The summed E-state index contributed by atoms with van der Waals surface area (Å²) in [6.45, 7) is 13.3. The third-order valence-corrected chi connectivity index (χ3v) is 16.3. The van der Waals surface area contributed by atoms with Gasteiger partial charge >= 0.3 is 0 Å². The van der Waals surface area contributed by atoms with Gasteiger partial charge < -0.3 is 4.74 Å². The summed E-state index contributed by atoms with van der Waals surface area (Å²) in [6.07, 6.45) is 7.53.